The number of benzene rings is 1. The Balaban J connectivity index is 2.06. The summed E-state index contributed by atoms with van der Waals surface area (Å²) in [7, 11) is 0. The van der Waals surface area contributed by atoms with Crippen molar-refractivity contribution in [2.45, 2.75) is 18.9 Å². The zero-order chi connectivity index (χ0) is 15.6. The van der Waals surface area contributed by atoms with Gasteiger partial charge in [0.1, 0.15) is 5.69 Å². The van der Waals surface area contributed by atoms with Crippen molar-refractivity contribution in [3.8, 4) is 0 Å². The van der Waals surface area contributed by atoms with Crippen LogP contribution < -0.4 is 10.6 Å². The molecule has 0 saturated carbocycles. The molecule has 0 aliphatic carbocycles. The quantitative estimate of drug-likeness (QED) is 0.360. The number of nitrogens with one attached hydrogen (secondary N) is 2. The smallest absolute Gasteiger partial charge is 0.186 e. The van der Waals surface area contributed by atoms with Gasteiger partial charge in [-0.25, -0.2) is 17.6 Å². The summed E-state index contributed by atoms with van der Waals surface area (Å²) in [5, 5.41) is 4.66. The summed E-state index contributed by atoms with van der Waals surface area (Å²) in [6.07, 6.45) is 1.73. The van der Waals surface area contributed by atoms with Gasteiger partial charge < -0.3 is 15.4 Å². The van der Waals surface area contributed by atoms with Crippen molar-refractivity contribution in [3.05, 3.63) is 27.7 Å². The van der Waals surface area contributed by atoms with Gasteiger partial charge in [-0.2, -0.15) is 0 Å². The number of thiocarbonyl (C=S) groups is 1. The van der Waals surface area contributed by atoms with Crippen LogP contribution in [0, 0.1) is 23.3 Å². The van der Waals surface area contributed by atoms with Crippen LogP contribution in [0.2, 0.25) is 0 Å². The molecule has 1 saturated heterocycles. The third kappa shape index (κ3) is 3.64. The highest BCUT2D eigenvalue weighted by Gasteiger charge is 2.25. The number of ether oxygens (including phenoxy) is 1. The monoisotopic (exact) mass is 386 g/mol. The molecule has 1 heterocycles. The number of halogens is 5. The Morgan fingerprint density at radius 2 is 1.81 bits per heavy atom. The molecule has 0 spiro atoms. The summed E-state index contributed by atoms with van der Waals surface area (Å²) >= 11 is 7.28. The zero-order valence-electron chi connectivity index (χ0n) is 10.6. The van der Waals surface area contributed by atoms with Crippen LogP contribution in [0.5, 0.6) is 0 Å². The molecule has 1 aromatic carbocycles. The first-order valence-corrected chi connectivity index (χ1v) is 7.29. The van der Waals surface area contributed by atoms with Gasteiger partial charge in [-0.15, -0.1) is 0 Å². The van der Waals surface area contributed by atoms with E-state index in [0.717, 1.165) is 12.8 Å². The van der Waals surface area contributed by atoms with Gasteiger partial charge in [-0.1, -0.05) is 0 Å². The van der Waals surface area contributed by atoms with E-state index in [4.69, 9.17) is 17.0 Å². The van der Waals surface area contributed by atoms with Gasteiger partial charge in [0, 0.05) is 13.2 Å². The van der Waals surface area contributed by atoms with E-state index in [0.29, 0.717) is 13.2 Å². The second-order valence-corrected chi connectivity index (χ2v) is 5.62. The van der Waals surface area contributed by atoms with E-state index in [1.54, 1.807) is 0 Å². The molecule has 2 rings (SSSR count). The highest BCUT2D eigenvalue weighted by atomic mass is 79.9. The van der Waals surface area contributed by atoms with Crippen molar-refractivity contribution >= 4 is 38.9 Å². The van der Waals surface area contributed by atoms with Crippen molar-refractivity contribution in [1.29, 1.82) is 0 Å². The predicted octanol–water partition coefficient (Wildman–Crippen LogP) is 3.47. The third-order valence-electron chi connectivity index (χ3n) is 2.96. The molecule has 0 amide bonds. The Kier molecular flexibility index (Phi) is 5.39. The van der Waals surface area contributed by atoms with E-state index < -0.39 is 33.4 Å². The fourth-order valence-electron chi connectivity index (χ4n) is 1.88. The van der Waals surface area contributed by atoms with Gasteiger partial charge in [-0.3, -0.25) is 0 Å². The molecule has 1 fully saturated rings. The van der Waals surface area contributed by atoms with Crippen molar-refractivity contribution in [1.82, 2.24) is 5.32 Å². The lowest BCUT2D eigenvalue weighted by Gasteiger charge is -2.15. The summed E-state index contributed by atoms with van der Waals surface area (Å²) < 4.78 is 58.4. The van der Waals surface area contributed by atoms with Crippen molar-refractivity contribution in [2.24, 2.45) is 0 Å². The Labute approximate surface area is 132 Å². The van der Waals surface area contributed by atoms with Gasteiger partial charge in [0.05, 0.1) is 10.6 Å². The van der Waals surface area contributed by atoms with Crippen LogP contribution in [0.15, 0.2) is 4.47 Å². The van der Waals surface area contributed by atoms with Crippen LogP contribution >= 0.6 is 28.1 Å². The second kappa shape index (κ2) is 6.89. The maximum atomic E-state index is 13.6. The van der Waals surface area contributed by atoms with Crippen LogP contribution in [0.3, 0.4) is 0 Å². The maximum Gasteiger partial charge on any atom is 0.186 e. The maximum absolute atomic E-state index is 13.6. The van der Waals surface area contributed by atoms with E-state index in [-0.39, 0.29) is 11.2 Å². The highest BCUT2D eigenvalue weighted by molar-refractivity contribution is 9.10. The Hall–Kier alpha value is -0.930. The molecule has 1 aromatic rings. The Morgan fingerprint density at radius 3 is 2.33 bits per heavy atom. The Bertz CT molecular complexity index is 538. The number of rotatable bonds is 3. The van der Waals surface area contributed by atoms with Crippen molar-refractivity contribution in [3.63, 3.8) is 0 Å². The minimum absolute atomic E-state index is 0.0437. The lowest BCUT2D eigenvalue weighted by molar-refractivity contribution is 0.114. The van der Waals surface area contributed by atoms with E-state index in [2.05, 4.69) is 26.6 Å². The van der Waals surface area contributed by atoms with Crippen LogP contribution in [-0.4, -0.2) is 24.4 Å². The summed E-state index contributed by atoms with van der Waals surface area (Å²) in [6.45, 7) is 0.996. The van der Waals surface area contributed by atoms with Gasteiger partial charge in [-0.05, 0) is 41.0 Å². The standard InChI is InChI=1S/C12H11BrF4N2OS/c13-6-7(14)9(16)11(10(17)8(6)15)19-12(21)18-4-5-2-1-3-20-5/h5H,1-4H2,(H2,18,19,21). The molecule has 1 aliphatic rings. The molecule has 0 radical (unpaired) electrons. The zero-order valence-corrected chi connectivity index (χ0v) is 13.0. The molecular formula is C12H11BrF4N2OS. The van der Waals surface area contributed by atoms with E-state index in [9.17, 15) is 17.6 Å². The normalized spacial score (nSPS) is 17.9. The number of hydrogen-bond acceptors (Lipinski definition) is 2. The van der Waals surface area contributed by atoms with Crippen LogP contribution in [-0.2, 0) is 4.74 Å². The van der Waals surface area contributed by atoms with Crippen molar-refractivity contribution in [2.75, 3.05) is 18.5 Å². The summed E-state index contributed by atoms with van der Waals surface area (Å²) in [5.74, 6) is -6.17. The molecule has 21 heavy (non-hydrogen) atoms. The molecular weight excluding hydrogens is 376 g/mol. The molecule has 3 nitrogen and oxygen atoms in total. The lowest BCUT2D eigenvalue weighted by atomic mass is 10.2. The fraction of sp³-hybridized carbons (Fsp3) is 0.417. The van der Waals surface area contributed by atoms with E-state index >= 15 is 0 Å². The summed E-state index contributed by atoms with van der Waals surface area (Å²) in [5.41, 5.74) is -0.974. The SMILES string of the molecule is Fc1c(F)c(NC(=S)NCC2CCCO2)c(F)c(F)c1Br. The average Bonchev–Trinajstić information content (AvgIpc) is 2.99. The van der Waals surface area contributed by atoms with Crippen LogP contribution in [0.25, 0.3) is 0 Å². The lowest BCUT2D eigenvalue weighted by Crippen LogP contribution is -2.35. The molecule has 1 aliphatic heterocycles. The van der Waals surface area contributed by atoms with E-state index in [1.807, 2.05) is 0 Å². The first-order valence-electron chi connectivity index (χ1n) is 6.09. The van der Waals surface area contributed by atoms with E-state index in [1.165, 1.54) is 0 Å². The number of anilines is 1. The van der Waals surface area contributed by atoms with Crippen LogP contribution in [0.4, 0.5) is 23.2 Å². The van der Waals surface area contributed by atoms with Gasteiger partial charge in [0.25, 0.3) is 0 Å². The topological polar surface area (TPSA) is 33.3 Å². The number of hydrogen-bond donors (Lipinski definition) is 2. The molecule has 0 aromatic heterocycles. The first-order chi connectivity index (χ1) is 9.91. The molecule has 0 bridgehead atoms. The van der Waals surface area contributed by atoms with Crippen molar-refractivity contribution < 1.29 is 22.3 Å². The average molecular weight is 387 g/mol. The summed E-state index contributed by atoms with van der Waals surface area (Å²) in [4.78, 5) is 0. The summed E-state index contributed by atoms with van der Waals surface area (Å²) in [6, 6.07) is 0. The fourth-order valence-corrected chi connectivity index (χ4v) is 2.42. The molecule has 2 N–H and O–H groups in total. The minimum Gasteiger partial charge on any atom is -0.376 e. The Morgan fingerprint density at radius 1 is 1.19 bits per heavy atom. The molecule has 9 heteroatoms. The van der Waals surface area contributed by atoms with Crippen LogP contribution in [0.1, 0.15) is 12.8 Å². The molecule has 116 valence electrons. The predicted molar refractivity (Wildman–Crippen MR) is 77.2 cm³/mol. The first kappa shape index (κ1) is 16.4. The second-order valence-electron chi connectivity index (χ2n) is 4.41. The molecule has 1 atom stereocenters. The largest absolute Gasteiger partial charge is 0.376 e. The molecule has 1 unspecified atom stereocenters. The van der Waals surface area contributed by atoms with Gasteiger partial charge >= 0.3 is 0 Å². The minimum atomic E-state index is -1.55. The van der Waals surface area contributed by atoms with Gasteiger partial charge in [0.15, 0.2) is 28.4 Å². The third-order valence-corrected chi connectivity index (χ3v) is 3.91. The highest BCUT2D eigenvalue weighted by Crippen LogP contribution is 2.31. The van der Waals surface area contributed by atoms with Gasteiger partial charge in [0.2, 0.25) is 0 Å².